The number of rotatable bonds is 7. The monoisotopic (exact) mass is 290 g/mol. The predicted octanol–water partition coefficient (Wildman–Crippen LogP) is 1.45. The van der Waals surface area contributed by atoms with Crippen molar-refractivity contribution in [1.29, 1.82) is 0 Å². The number of hydrogen-bond donors (Lipinski definition) is 1. The molecule has 0 radical (unpaired) electrons. The van der Waals surface area contributed by atoms with Crippen LogP contribution in [0.3, 0.4) is 0 Å². The lowest BCUT2D eigenvalue weighted by molar-refractivity contribution is 0.0792. The van der Waals surface area contributed by atoms with Gasteiger partial charge in [-0.25, -0.2) is 0 Å². The molecule has 0 aliphatic rings. The van der Waals surface area contributed by atoms with Crippen LogP contribution in [-0.4, -0.2) is 50.5 Å². The van der Waals surface area contributed by atoms with Gasteiger partial charge in [0.15, 0.2) is 0 Å². The van der Waals surface area contributed by atoms with Crippen LogP contribution in [0.4, 0.5) is 0 Å². The maximum Gasteiger partial charge on any atom is 0.259 e. The highest BCUT2D eigenvalue weighted by Crippen LogP contribution is 2.16. The fraction of sp³-hybridized carbons (Fsp3) is 0.467. The molecule has 2 rings (SSSR count). The van der Waals surface area contributed by atoms with E-state index in [1.54, 1.807) is 22.8 Å². The van der Waals surface area contributed by atoms with Crippen LogP contribution in [0.25, 0.3) is 5.82 Å². The number of carbonyl (C=O) groups excluding carboxylic acids is 1. The fourth-order valence-corrected chi connectivity index (χ4v) is 2.31. The Kier molecular flexibility index (Phi) is 5.16. The molecule has 0 bridgehead atoms. The van der Waals surface area contributed by atoms with Crippen molar-refractivity contribution in [2.24, 2.45) is 7.05 Å². The molecule has 0 aromatic carbocycles. The van der Waals surface area contributed by atoms with Crippen LogP contribution in [0.1, 0.15) is 29.6 Å². The maximum atomic E-state index is 12.5. The smallest absolute Gasteiger partial charge is 0.259 e. The van der Waals surface area contributed by atoms with Crippen molar-refractivity contribution in [3.63, 3.8) is 0 Å². The van der Waals surface area contributed by atoms with Gasteiger partial charge in [0.05, 0.1) is 6.20 Å². The summed E-state index contributed by atoms with van der Waals surface area (Å²) in [6.45, 7) is 0.886. The highest BCUT2D eigenvalue weighted by atomic mass is 16.2. The Morgan fingerprint density at radius 3 is 2.67 bits per heavy atom. The Morgan fingerprint density at radius 2 is 2.00 bits per heavy atom. The summed E-state index contributed by atoms with van der Waals surface area (Å²) in [6, 6.07) is 3.83. The molecule has 2 aromatic heterocycles. The lowest BCUT2D eigenvalue weighted by Gasteiger charge is -2.17. The molecule has 0 fully saturated rings. The van der Waals surface area contributed by atoms with Crippen LogP contribution in [-0.2, 0) is 7.05 Å². The fourth-order valence-electron chi connectivity index (χ4n) is 2.31. The molecular formula is C15H22N4O2. The van der Waals surface area contributed by atoms with Crippen LogP contribution >= 0.6 is 0 Å². The molecule has 6 heteroatoms. The van der Waals surface area contributed by atoms with Crippen molar-refractivity contribution in [3.8, 4) is 5.82 Å². The molecule has 21 heavy (non-hydrogen) atoms. The third-order valence-corrected chi connectivity index (χ3v) is 3.49. The van der Waals surface area contributed by atoms with Crippen LogP contribution in [0.5, 0.6) is 0 Å². The maximum absolute atomic E-state index is 12.5. The summed E-state index contributed by atoms with van der Waals surface area (Å²) in [7, 11) is 3.63. The first-order chi connectivity index (χ1) is 10.1. The highest BCUT2D eigenvalue weighted by molar-refractivity contribution is 5.96. The first-order valence-electron chi connectivity index (χ1n) is 7.17. The number of aliphatic hydroxyl groups is 1. The summed E-state index contributed by atoms with van der Waals surface area (Å²) in [5, 5.41) is 13.0. The summed E-state index contributed by atoms with van der Waals surface area (Å²) in [4.78, 5) is 14.3. The van der Waals surface area contributed by atoms with Crippen LogP contribution in [0, 0.1) is 0 Å². The number of aliphatic hydroxyl groups excluding tert-OH is 1. The molecule has 0 saturated carbocycles. The Hall–Kier alpha value is -2.08. The number of amides is 1. The Balaban J connectivity index is 2.09. The van der Waals surface area contributed by atoms with Gasteiger partial charge in [0, 0.05) is 39.6 Å². The van der Waals surface area contributed by atoms with E-state index in [2.05, 4.69) is 5.10 Å². The van der Waals surface area contributed by atoms with Gasteiger partial charge in [-0.3, -0.25) is 9.48 Å². The molecule has 0 atom stereocenters. The minimum Gasteiger partial charge on any atom is -0.396 e. The van der Waals surface area contributed by atoms with Crippen molar-refractivity contribution in [2.75, 3.05) is 20.2 Å². The van der Waals surface area contributed by atoms with Gasteiger partial charge in [0.25, 0.3) is 5.91 Å². The zero-order chi connectivity index (χ0) is 15.2. The van der Waals surface area contributed by atoms with Crippen molar-refractivity contribution >= 4 is 5.91 Å². The zero-order valence-corrected chi connectivity index (χ0v) is 12.6. The van der Waals surface area contributed by atoms with Crippen LogP contribution < -0.4 is 0 Å². The molecule has 2 heterocycles. The second-order valence-corrected chi connectivity index (χ2v) is 5.11. The second kappa shape index (κ2) is 7.08. The van der Waals surface area contributed by atoms with E-state index in [1.807, 2.05) is 36.1 Å². The van der Waals surface area contributed by atoms with Crippen molar-refractivity contribution in [1.82, 2.24) is 19.2 Å². The van der Waals surface area contributed by atoms with E-state index in [0.29, 0.717) is 12.1 Å². The summed E-state index contributed by atoms with van der Waals surface area (Å²) in [5.74, 6) is 0.739. The molecule has 114 valence electrons. The summed E-state index contributed by atoms with van der Waals surface area (Å²) >= 11 is 0. The van der Waals surface area contributed by atoms with Gasteiger partial charge in [-0.2, -0.15) is 5.10 Å². The van der Waals surface area contributed by atoms with Crippen molar-refractivity contribution in [2.45, 2.75) is 19.3 Å². The molecule has 1 N–H and O–H groups in total. The van der Waals surface area contributed by atoms with Gasteiger partial charge in [0.2, 0.25) is 0 Å². The highest BCUT2D eigenvalue weighted by Gasteiger charge is 2.20. The number of hydrogen-bond acceptors (Lipinski definition) is 3. The third kappa shape index (κ3) is 3.52. The molecule has 0 aliphatic carbocycles. The van der Waals surface area contributed by atoms with Gasteiger partial charge >= 0.3 is 0 Å². The second-order valence-electron chi connectivity index (χ2n) is 5.11. The molecule has 0 spiro atoms. The van der Waals surface area contributed by atoms with E-state index in [0.717, 1.165) is 25.1 Å². The minimum atomic E-state index is -0.0317. The molecule has 1 amide bonds. The van der Waals surface area contributed by atoms with Crippen LogP contribution in [0.15, 0.2) is 30.7 Å². The first-order valence-corrected chi connectivity index (χ1v) is 7.17. The van der Waals surface area contributed by atoms with Crippen molar-refractivity contribution < 1.29 is 9.90 Å². The predicted molar refractivity (Wildman–Crippen MR) is 80.4 cm³/mol. The summed E-state index contributed by atoms with van der Waals surface area (Å²) in [6.07, 6.45) is 8.00. The lowest BCUT2D eigenvalue weighted by atomic mass is 10.2. The molecule has 0 unspecified atom stereocenters. The van der Waals surface area contributed by atoms with E-state index in [4.69, 9.17) is 5.11 Å². The topological polar surface area (TPSA) is 63.3 Å². The molecule has 0 aliphatic heterocycles. The van der Waals surface area contributed by atoms with Gasteiger partial charge < -0.3 is 14.6 Å². The number of unbranched alkanes of at least 4 members (excludes halogenated alkanes) is 2. The van der Waals surface area contributed by atoms with E-state index in [1.165, 1.54) is 0 Å². The van der Waals surface area contributed by atoms with Gasteiger partial charge in [0.1, 0.15) is 11.4 Å². The van der Waals surface area contributed by atoms with Gasteiger partial charge in [-0.15, -0.1) is 0 Å². The molecule has 2 aromatic rings. The Bertz CT molecular complexity index is 575. The number of aryl methyl sites for hydroxylation is 1. The summed E-state index contributed by atoms with van der Waals surface area (Å²) in [5.41, 5.74) is 0.596. The zero-order valence-electron chi connectivity index (χ0n) is 12.6. The molecule has 0 saturated heterocycles. The number of nitrogens with zero attached hydrogens (tertiary/aromatic N) is 4. The molecule has 6 nitrogen and oxygen atoms in total. The normalized spacial score (nSPS) is 10.8. The van der Waals surface area contributed by atoms with E-state index >= 15 is 0 Å². The third-order valence-electron chi connectivity index (χ3n) is 3.49. The van der Waals surface area contributed by atoms with E-state index in [9.17, 15) is 4.79 Å². The lowest BCUT2D eigenvalue weighted by Crippen LogP contribution is -2.28. The van der Waals surface area contributed by atoms with Gasteiger partial charge in [-0.1, -0.05) is 0 Å². The summed E-state index contributed by atoms with van der Waals surface area (Å²) < 4.78 is 3.59. The number of aromatic nitrogens is 3. The Labute approximate surface area is 124 Å². The Morgan fingerprint density at radius 1 is 1.29 bits per heavy atom. The SMILES string of the molecule is CN(CCCCCO)C(=O)c1cnn(C)c1-n1cccc1. The largest absolute Gasteiger partial charge is 0.396 e. The average molecular weight is 290 g/mol. The minimum absolute atomic E-state index is 0.0317. The van der Waals surface area contributed by atoms with E-state index in [-0.39, 0.29) is 12.5 Å². The van der Waals surface area contributed by atoms with Crippen LogP contribution in [0.2, 0.25) is 0 Å². The standard InChI is InChI=1S/C15H22N4O2/c1-17(8-4-3-7-11-20)15(21)13-12-16-18(2)14(13)19-9-5-6-10-19/h5-6,9-10,12,20H,3-4,7-8,11H2,1-2H3. The first kappa shape index (κ1) is 15.3. The molecular weight excluding hydrogens is 268 g/mol. The van der Waals surface area contributed by atoms with Crippen molar-refractivity contribution in [3.05, 3.63) is 36.3 Å². The number of carbonyl (C=O) groups is 1. The van der Waals surface area contributed by atoms with Gasteiger partial charge in [-0.05, 0) is 31.4 Å². The average Bonchev–Trinajstić information content (AvgIpc) is 3.11. The van der Waals surface area contributed by atoms with E-state index < -0.39 is 0 Å². The quantitative estimate of drug-likeness (QED) is 0.785.